The minimum Gasteiger partial charge on any atom is -0.316 e. The molecule has 0 aliphatic carbocycles. The van der Waals surface area contributed by atoms with E-state index in [-0.39, 0.29) is 5.82 Å². The fourth-order valence-electron chi connectivity index (χ4n) is 1.71. The Morgan fingerprint density at radius 1 is 1.57 bits per heavy atom. The summed E-state index contributed by atoms with van der Waals surface area (Å²) in [6.07, 6.45) is 0.972. The van der Waals surface area contributed by atoms with Gasteiger partial charge in [-0.05, 0) is 44.2 Å². The summed E-state index contributed by atoms with van der Waals surface area (Å²) in [4.78, 5) is 1.23. The van der Waals surface area contributed by atoms with Crippen LogP contribution in [0.3, 0.4) is 0 Å². The maximum Gasteiger partial charge on any atom is 0.123 e. The van der Waals surface area contributed by atoms with Crippen LogP contribution >= 0.6 is 11.8 Å². The van der Waals surface area contributed by atoms with E-state index < -0.39 is 0 Å². The molecule has 1 nitrogen and oxygen atoms in total. The molecule has 1 aliphatic heterocycles. The van der Waals surface area contributed by atoms with E-state index in [1.165, 1.54) is 11.0 Å². The lowest BCUT2D eigenvalue weighted by Gasteiger charge is -2.16. The molecule has 0 spiro atoms. The van der Waals surface area contributed by atoms with E-state index in [1.807, 2.05) is 24.9 Å². The van der Waals surface area contributed by atoms with Crippen LogP contribution in [0.15, 0.2) is 23.1 Å². The lowest BCUT2D eigenvalue weighted by molar-refractivity contribution is 0.581. The average molecular weight is 211 g/mol. The Balaban J connectivity index is 2.17. The zero-order chi connectivity index (χ0) is 10.1. The molecular formula is C11H14FNS. The van der Waals surface area contributed by atoms with Gasteiger partial charge in [0.05, 0.1) is 0 Å². The van der Waals surface area contributed by atoms with E-state index in [0.29, 0.717) is 11.3 Å². The lowest BCUT2D eigenvalue weighted by Crippen LogP contribution is -2.32. The Hall–Kier alpha value is -0.540. The first-order chi connectivity index (χ1) is 6.70. The molecule has 0 bridgehead atoms. The van der Waals surface area contributed by atoms with Crippen molar-refractivity contribution in [1.29, 1.82) is 0 Å². The Labute approximate surface area is 88.1 Å². The molecule has 1 heterocycles. The second-order valence-electron chi connectivity index (χ2n) is 3.69. The molecule has 0 saturated carbocycles. The van der Waals surface area contributed by atoms with Crippen molar-refractivity contribution in [3.8, 4) is 0 Å². The molecular weight excluding hydrogens is 197 g/mol. The fourth-order valence-corrected chi connectivity index (χ4v) is 3.08. The van der Waals surface area contributed by atoms with Crippen LogP contribution in [0.2, 0.25) is 0 Å². The van der Waals surface area contributed by atoms with Gasteiger partial charge < -0.3 is 5.32 Å². The molecule has 2 rings (SSSR count). The normalized spacial score (nSPS) is 22.1. The lowest BCUT2D eigenvalue weighted by atomic mass is 10.1. The maximum absolute atomic E-state index is 12.9. The minimum absolute atomic E-state index is 0.123. The van der Waals surface area contributed by atoms with Crippen molar-refractivity contribution in [3.63, 3.8) is 0 Å². The first kappa shape index (κ1) is 9.99. The molecule has 1 N–H and O–H groups in total. The Kier molecular flexibility index (Phi) is 2.79. The summed E-state index contributed by atoms with van der Waals surface area (Å²) in [6, 6.07) is 5.55. The smallest absolute Gasteiger partial charge is 0.123 e. The van der Waals surface area contributed by atoms with Gasteiger partial charge in [0, 0.05) is 16.2 Å². The molecule has 3 heteroatoms. The number of benzene rings is 1. The maximum atomic E-state index is 12.9. The quantitative estimate of drug-likeness (QED) is 0.806. The molecule has 0 amide bonds. The second-order valence-corrected chi connectivity index (χ2v) is 4.97. The van der Waals surface area contributed by atoms with Crippen LogP contribution in [0.25, 0.3) is 0 Å². The number of nitrogens with one attached hydrogen (secondary N) is 1. The van der Waals surface area contributed by atoms with Gasteiger partial charge in [-0.3, -0.25) is 0 Å². The van der Waals surface area contributed by atoms with Crippen molar-refractivity contribution in [2.45, 2.75) is 29.5 Å². The predicted molar refractivity (Wildman–Crippen MR) is 58.3 cm³/mol. The number of halogens is 1. The van der Waals surface area contributed by atoms with Gasteiger partial charge in [0.15, 0.2) is 0 Å². The molecule has 0 fully saturated rings. The zero-order valence-corrected chi connectivity index (χ0v) is 9.20. The molecule has 14 heavy (non-hydrogen) atoms. The molecule has 0 saturated heterocycles. The number of hydrogen-bond donors (Lipinski definition) is 1. The number of rotatable bonds is 2. The average Bonchev–Trinajstić information content (AvgIpc) is 2.59. The number of hydrogen-bond acceptors (Lipinski definition) is 2. The molecule has 2 atom stereocenters. The van der Waals surface area contributed by atoms with Crippen LogP contribution in [0, 0.1) is 5.82 Å². The molecule has 0 radical (unpaired) electrons. The van der Waals surface area contributed by atoms with Gasteiger partial charge >= 0.3 is 0 Å². The SMILES string of the molecule is CNC(C)C1Cc2cc(F)ccc2S1. The van der Waals surface area contributed by atoms with Gasteiger partial charge in [-0.2, -0.15) is 0 Å². The number of fused-ring (bicyclic) bond motifs is 1. The van der Waals surface area contributed by atoms with Crippen LogP contribution in [0.5, 0.6) is 0 Å². The van der Waals surface area contributed by atoms with E-state index >= 15 is 0 Å². The topological polar surface area (TPSA) is 12.0 Å². The van der Waals surface area contributed by atoms with Gasteiger partial charge in [0.25, 0.3) is 0 Å². The van der Waals surface area contributed by atoms with Gasteiger partial charge in [-0.1, -0.05) is 0 Å². The third-order valence-electron chi connectivity index (χ3n) is 2.73. The van der Waals surface area contributed by atoms with Crippen molar-refractivity contribution in [2.24, 2.45) is 0 Å². The van der Waals surface area contributed by atoms with E-state index in [1.54, 1.807) is 6.07 Å². The van der Waals surface area contributed by atoms with Crippen LogP contribution in [-0.2, 0) is 6.42 Å². The van der Waals surface area contributed by atoms with Crippen molar-refractivity contribution in [3.05, 3.63) is 29.6 Å². The highest BCUT2D eigenvalue weighted by atomic mass is 32.2. The van der Waals surface area contributed by atoms with Crippen LogP contribution in [0.1, 0.15) is 12.5 Å². The number of thioether (sulfide) groups is 1. The predicted octanol–water partition coefficient (Wildman–Crippen LogP) is 2.45. The standard InChI is InChI=1S/C11H14FNS/c1-7(13-2)11-6-8-5-9(12)3-4-10(8)14-11/h3-5,7,11,13H,6H2,1-2H3. The molecule has 0 aromatic heterocycles. The van der Waals surface area contributed by atoms with Crippen molar-refractivity contribution in [2.75, 3.05) is 7.05 Å². The largest absolute Gasteiger partial charge is 0.316 e. The highest BCUT2D eigenvalue weighted by Crippen LogP contribution is 2.38. The van der Waals surface area contributed by atoms with Crippen molar-refractivity contribution in [1.82, 2.24) is 5.32 Å². The van der Waals surface area contributed by atoms with Crippen molar-refractivity contribution < 1.29 is 4.39 Å². The van der Waals surface area contributed by atoms with E-state index in [9.17, 15) is 4.39 Å². The Morgan fingerprint density at radius 3 is 3.07 bits per heavy atom. The van der Waals surface area contributed by atoms with Gasteiger partial charge in [0.2, 0.25) is 0 Å². The van der Waals surface area contributed by atoms with Gasteiger partial charge in [-0.15, -0.1) is 11.8 Å². The van der Waals surface area contributed by atoms with Crippen LogP contribution in [-0.4, -0.2) is 18.3 Å². The first-order valence-corrected chi connectivity index (χ1v) is 5.71. The van der Waals surface area contributed by atoms with Crippen molar-refractivity contribution >= 4 is 11.8 Å². The van der Waals surface area contributed by atoms with Gasteiger partial charge in [-0.25, -0.2) is 4.39 Å². The Bertz CT molecular complexity index is 340. The summed E-state index contributed by atoms with van der Waals surface area (Å²) < 4.78 is 12.9. The first-order valence-electron chi connectivity index (χ1n) is 4.83. The third kappa shape index (κ3) is 1.79. The Morgan fingerprint density at radius 2 is 2.36 bits per heavy atom. The minimum atomic E-state index is -0.123. The monoisotopic (exact) mass is 211 g/mol. The van der Waals surface area contributed by atoms with Crippen LogP contribution < -0.4 is 5.32 Å². The zero-order valence-electron chi connectivity index (χ0n) is 8.38. The summed E-state index contributed by atoms with van der Waals surface area (Å²) >= 11 is 1.85. The highest BCUT2D eigenvalue weighted by Gasteiger charge is 2.26. The molecule has 76 valence electrons. The van der Waals surface area contributed by atoms with E-state index in [4.69, 9.17) is 0 Å². The highest BCUT2D eigenvalue weighted by molar-refractivity contribution is 8.00. The third-order valence-corrected chi connectivity index (χ3v) is 4.26. The van der Waals surface area contributed by atoms with E-state index in [2.05, 4.69) is 12.2 Å². The van der Waals surface area contributed by atoms with E-state index in [0.717, 1.165) is 12.0 Å². The molecule has 1 aromatic carbocycles. The van der Waals surface area contributed by atoms with Gasteiger partial charge in [0.1, 0.15) is 5.82 Å². The van der Waals surface area contributed by atoms with Crippen LogP contribution in [0.4, 0.5) is 4.39 Å². The summed E-state index contributed by atoms with van der Waals surface area (Å²) in [5.41, 5.74) is 1.15. The fraction of sp³-hybridized carbons (Fsp3) is 0.455. The second kappa shape index (κ2) is 3.91. The summed E-state index contributed by atoms with van der Waals surface area (Å²) in [6.45, 7) is 2.17. The molecule has 2 unspecified atom stereocenters. The molecule has 1 aromatic rings. The summed E-state index contributed by atoms with van der Waals surface area (Å²) in [5.74, 6) is -0.123. The summed E-state index contributed by atoms with van der Waals surface area (Å²) in [7, 11) is 1.97. The summed E-state index contributed by atoms with van der Waals surface area (Å²) in [5, 5.41) is 3.78. The molecule has 1 aliphatic rings.